The van der Waals surface area contributed by atoms with Crippen LogP contribution < -0.4 is 5.73 Å². The quantitative estimate of drug-likeness (QED) is 0.566. The van der Waals surface area contributed by atoms with Gasteiger partial charge in [0.2, 0.25) is 0 Å². The second kappa shape index (κ2) is 6.51. The highest BCUT2D eigenvalue weighted by atomic mass is 16.6. The smallest absolute Gasteiger partial charge is 0.414 e. The predicted octanol–water partition coefficient (Wildman–Crippen LogP) is 0.890. The van der Waals surface area contributed by atoms with E-state index < -0.39 is 17.5 Å². The lowest BCUT2D eigenvalue weighted by Crippen LogP contribution is -2.52. The molecule has 1 aliphatic carbocycles. The molecule has 0 aromatic rings. The molecule has 1 saturated carbocycles. The summed E-state index contributed by atoms with van der Waals surface area (Å²) in [5.41, 5.74) is 5.83. The number of carboxylic acid groups (broad SMARTS) is 2. The molecule has 8 heteroatoms. The van der Waals surface area contributed by atoms with Crippen LogP contribution in [0.2, 0.25) is 0 Å². The van der Waals surface area contributed by atoms with Crippen LogP contribution in [0.4, 0.5) is 4.79 Å². The van der Waals surface area contributed by atoms with E-state index in [2.05, 4.69) is 0 Å². The fraction of sp³-hybridized carbons (Fsp3) is 0.786. The third kappa shape index (κ3) is 4.59. The monoisotopic (exact) mass is 316 g/mol. The van der Waals surface area contributed by atoms with Gasteiger partial charge in [-0.2, -0.15) is 0 Å². The highest BCUT2D eigenvalue weighted by Crippen LogP contribution is 2.47. The highest BCUT2D eigenvalue weighted by molar-refractivity contribution is 6.27. The number of ether oxygens (including phenoxy) is 1. The maximum Gasteiger partial charge on any atom is 0.414 e. The first-order valence-corrected chi connectivity index (χ1v) is 7.16. The molecular weight excluding hydrogens is 292 g/mol. The molecule has 2 aliphatic rings. The Morgan fingerprint density at radius 2 is 1.73 bits per heavy atom. The van der Waals surface area contributed by atoms with Gasteiger partial charge in [0.1, 0.15) is 5.60 Å². The maximum atomic E-state index is 11.9. The summed E-state index contributed by atoms with van der Waals surface area (Å²) in [6, 6.07) is 0.278. The van der Waals surface area contributed by atoms with Gasteiger partial charge in [-0.15, -0.1) is 0 Å². The second-order valence-corrected chi connectivity index (χ2v) is 6.77. The standard InChI is InChI=1S/C12H22N2O2.C2H2O4/c1-11(2,3)16-10(15)14-7-6-12(8-14)5-4-9(12)13;3-1(4)2(5)6/h9H,4-8,13H2,1-3H3;(H,3,4)(H,5,6). The first kappa shape index (κ1) is 18.2. The molecule has 1 heterocycles. The Bertz CT molecular complexity index is 447. The summed E-state index contributed by atoms with van der Waals surface area (Å²) in [4.78, 5) is 31.9. The third-order valence-corrected chi connectivity index (χ3v) is 3.96. The van der Waals surface area contributed by atoms with Crippen LogP contribution in [0.15, 0.2) is 0 Å². The molecule has 0 aromatic heterocycles. The molecule has 2 unspecified atom stereocenters. The molecule has 1 aliphatic heterocycles. The van der Waals surface area contributed by atoms with E-state index in [-0.39, 0.29) is 17.6 Å². The number of carbonyl (C=O) groups excluding carboxylic acids is 1. The van der Waals surface area contributed by atoms with E-state index in [1.165, 1.54) is 0 Å². The molecule has 2 fully saturated rings. The van der Waals surface area contributed by atoms with Gasteiger partial charge in [0, 0.05) is 24.5 Å². The van der Waals surface area contributed by atoms with Crippen LogP contribution in [-0.2, 0) is 14.3 Å². The average molecular weight is 316 g/mol. The van der Waals surface area contributed by atoms with Gasteiger partial charge in [-0.3, -0.25) is 0 Å². The summed E-state index contributed by atoms with van der Waals surface area (Å²) in [7, 11) is 0. The maximum absolute atomic E-state index is 11.9. The summed E-state index contributed by atoms with van der Waals surface area (Å²) in [5.74, 6) is -3.65. The summed E-state index contributed by atoms with van der Waals surface area (Å²) >= 11 is 0. The fourth-order valence-electron chi connectivity index (χ4n) is 2.60. The van der Waals surface area contributed by atoms with Gasteiger partial charge in [-0.25, -0.2) is 14.4 Å². The Balaban J connectivity index is 0.000000346. The lowest BCUT2D eigenvalue weighted by Gasteiger charge is -2.44. The summed E-state index contributed by atoms with van der Waals surface area (Å²) in [6.07, 6.45) is 3.10. The van der Waals surface area contributed by atoms with Crippen molar-refractivity contribution in [1.82, 2.24) is 4.90 Å². The predicted molar refractivity (Wildman–Crippen MR) is 77.3 cm³/mol. The molecule has 2 atom stereocenters. The molecule has 0 bridgehead atoms. The number of aliphatic carboxylic acids is 2. The lowest BCUT2D eigenvalue weighted by molar-refractivity contribution is -0.159. The molecule has 126 valence electrons. The van der Waals surface area contributed by atoms with Crippen LogP contribution >= 0.6 is 0 Å². The number of carboxylic acids is 2. The van der Waals surface area contributed by atoms with E-state index in [0.717, 1.165) is 32.4 Å². The molecular formula is C14H24N2O6. The van der Waals surface area contributed by atoms with E-state index >= 15 is 0 Å². The van der Waals surface area contributed by atoms with Crippen LogP contribution in [0.25, 0.3) is 0 Å². The Kier molecular flexibility index (Phi) is 5.39. The van der Waals surface area contributed by atoms with Crippen molar-refractivity contribution in [2.75, 3.05) is 13.1 Å². The van der Waals surface area contributed by atoms with Crippen LogP contribution in [0.5, 0.6) is 0 Å². The summed E-state index contributed by atoms with van der Waals surface area (Å²) in [6.45, 7) is 7.26. The number of nitrogens with zero attached hydrogens (tertiary/aromatic N) is 1. The Hall–Kier alpha value is -1.83. The van der Waals surface area contributed by atoms with Crippen molar-refractivity contribution >= 4 is 18.0 Å². The first-order chi connectivity index (χ1) is 9.97. The number of amides is 1. The van der Waals surface area contributed by atoms with E-state index in [1.807, 2.05) is 25.7 Å². The summed E-state index contributed by atoms with van der Waals surface area (Å²) in [5, 5.41) is 14.8. The van der Waals surface area contributed by atoms with Crippen LogP contribution in [-0.4, -0.2) is 57.9 Å². The van der Waals surface area contributed by atoms with E-state index in [4.69, 9.17) is 30.3 Å². The number of rotatable bonds is 0. The van der Waals surface area contributed by atoms with Crippen molar-refractivity contribution in [1.29, 1.82) is 0 Å². The van der Waals surface area contributed by atoms with Gasteiger partial charge < -0.3 is 25.6 Å². The largest absolute Gasteiger partial charge is 0.473 e. The van der Waals surface area contributed by atoms with Crippen LogP contribution in [0.3, 0.4) is 0 Å². The number of nitrogens with two attached hydrogens (primary N) is 1. The zero-order valence-corrected chi connectivity index (χ0v) is 13.2. The van der Waals surface area contributed by atoms with Crippen LogP contribution in [0.1, 0.15) is 40.0 Å². The summed E-state index contributed by atoms with van der Waals surface area (Å²) < 4.78 is 5.36. The molecule has 4 N–H and O–H groups in total. The molecule has 2 rings (SSSR count). The van der Waals surface area contributed by atoms with Gasteiger partial charge in [0.05, 0.1) is 0 Å². The van der Waals surface area contributed by atoms with Gasteiger partial charge >= 0.3 is 18.0 Å². The van der Waals surface area contributed by atoms with Crippen molar-refractivity contribution in [3.8, 4) is 0 Å². The first-order valence-electron chi connectivity index (χ1n) is 7.16. The van der Waals surface area contributed by atoms with E-state index in [0.29, 0.717) is 0 Å². The Labute approximate surface area is 129 Å². The molecule has 1 saturated heterocycles. The molecule has 22 heavy (non-hydrogen) atoms. The Morgan fingerprint density at radius 3 is 2.00 bits per heavy atom. The molecule has 0 aromatic carbocycles. The van der Waals surface area contributed by atoms with Crippen molar-refractivity contribution < 1.29 is 29.3 Å². The lowest BCUT2D eigenvalue weighted by atomic mass is 9.64. The van der Waals surface area contributed by atoms with E-state index in [9.17, 15) is 4.79 Å². The second-order valence-electron chi connectivity index (χ2n) is 6.77. The molecule has 0 radical (unpaired) electrons. The van der Waals surface area contributed by atoms with Crippen molar-refractivity contribution in [3.63, 3.8) is 0 Å². The Morgan fingerprint density at radius 1 is 1.18 bits per heavy atom. The van der Waals surface area contributed by atoms with Gasteiger partial charge in [-0.1, -0.05) is 0 Å². The normalized spacial score (nSPS) is 26.7. The highest BCUT2D eigenvalue weighted by Gasteiger charge is 2.50. The zero-order chi connectivity index (χ0) is 17.1. The average Bonchev–Trinajstić information content (AvgIpc) is 2.83. The van der Waals surface area contributed by atoms with Gasteiger partial charge in [0.15, 0.2) is 0 Å². The van der Waals surface area contributed by atoms with Crippen LogP contribution in [0, 0.1) is 5.41 Å². The molecule has 8 nitrogen and oxygen atoms in total. The molecule has 1 amide bonds. The minimum atomic E-state index is -1.82. The minimum Gasteiger partial charge on any atom is -0.473 e. The van der Waals surface area contributed by atoms with Crippen molar-refractivity contribution in [3.05, 3.63) is 0 Å². The number of carbonyl (C=O) groups is 3. The third-order valence-electron chi connectivity index (χ3n) is 3.96. The molecule has 1 spiro atoms. The van der Waals surface area contributed by atoms with Gasteiger partial charge in [-0.05, 0) is 40.0 Å². The van der Waals surface area contributed by atoms with Crippen molar-refractivity contribution in [2.45, 2.75) is 51.7 Å². The minimum absolute atomic E-state index is 0.191. The number of hydrogen-bond donors (Lipinski definition) is 3. The topological polar surface area (TPSA) is 130 Å². The van der Waals surface area contributed by atoms with Gasteiger partial charge in [0.25, 0.3) is 0 Å². The van der Waals surface area contributed by atoms with Crippen molar-refractivity contribution in [2.24, 2.45) is 11.1 Å². The number of likely N-dealkylation sites (tertiary alicyclic amines) is 1. The van der Waals surface area contributed by atoms with E-state index in [1.54, 1.807) is 0 Å². The zero-order valence-electron chi connectivity index (χ0n) is 13.2. The SMILES string of the molecule is CC(C)(C)OC(=O)N1CCC2(CCC2N)C1.O=C(O)C(=O)O. The fourth-order valence-corrected chi connectivity index (χ4v) is 2.60. The number of hydrogen-bond acceptors (Lipinski definition) is 5.